The van der Waals surface area contributed by atoms with E-state index in [1.165, 1.54) is 18.2 Å². The van der Waals surface area contributed by atoms with Gasteiger partial charge in [0.1, 0.15) is 12.4 Å². The largest absolute Gasteiger partial charge is 0.489 e. The number of non-ortho nitro benzene ring substituents is 1. The van der Waals surface area contributed by atoms with Crippen molar-refractivity contribution in [2.75, 3.05) is 0 Å². The lowest BCUT2D eigenvalue weighted by Gasteiger charge is -2.07. The van der Waals surface area contributed by atoms with Gasteiger partial charge in [0, 0.05) is 16.6 Å². The molecular formula is C23H14BrClN2O5. The third-order valence-corrected chi connectivity index (χ3v) is 5.31. The van der Waals surface area contributed by atoms with Crippen molar-refractivity contribution in [1.82, 2.24) is 0 Å². The molecule has 4 rings (SSSR count). The SMILES string of the molecule is O=C1OC(c2cc([N+](=O)[O-])ccc2Cl)=N/C1=C\c1ccc(OCc2cccc(Br)c2)cc1. The third-order valence-electron chi connectivity index (χ3n) is 4.49. The Morgan fingerprint density at radius 1 is 1.12 bits per heavy atom. The predicted octanol–water partition coefficient (Wildman–Crippen LogP) is 5.93. The van der Waals surface area contributed by atoms with Gasteiger partial charge in [-0.15, -0.1) is 0 Å². The predicted molar refractivity (Wildman–Crippen MR) is 124 cm³/mol. The first kappa shape index (κ1) is 21.7. The third kappa shape index (κ3) is 5.04. The standard InChI is InChI=1S/C23H14BrClN2O5/c24-16-3-1-2-15(10-16)13-31-18-7-4-14(5-8-18)11-21-23(28)32-22(26-21)19-12-17(27(29)30)6-9-20(19)25/h1-12H,13H2/b21-11-. The van der Waals surface area contributed by atoms with Crippen molar-refractivity contribution < 1.29 is 19.2 Å². The van der Waals surface area contributed by atoms with Crippen molar-refractivity contribution in [3.05, 3.63) is 109 Å². The molecule has 0 saturated heterocycles. The summed E-state index contributed by atoms with van der Waals surface area (Å²) in [6.07, 6.45) is 1.55. The molecule has 32 heavy (non-hydrogen) atoms. The number of halogens is 2. The molecule has 1 heterocycles. The van der Waals surface area contributed by atoms with Gasteiger partial charge >= 0.3 is 5.97 Å². The number of ether oxygens (including phenoxy) is 2. The number of cyclic esters (lactones) is 1. The van der Waals surface area contributed by atoms with Crippen LogP contribution in [-0.2, 0) is 16.1 Å². The molecule has 7 nitrogen and oxygen atoms in total. The maximum absolute atomic E-state index is 12.2. The van der Waals surface area contributed by atoms with Gasteiger partial charge < -0.3 is 9.47 Å². The molecule has 0 amide bonds. The molecule has 0 N–H and O–H groups in total. The number of aliphatic imine (C=N–C) groups is 1. The Bertz CT molecular complexity index is 1270. The number of nitro groups is 1. The zero-order valence-corrected chi connectivity index (χ0v) is 18.7. The number of nitrogens with zero attached hydrogens (tertiary/aromatic N) is 2. The van der Waals surface area contributed by atoms with Gasteiger partial charge in [-0.2, -0.15) is 0 Å². The van der Waals surface area contributed by atoms with E-state index in [1.807, 2.05) is 24.3 Å². The van der Waals surface area contributed by atoms with Gasteiger partial charge in [0.15, 0.2) is 5.70 Å². The number of nitro benzene ring substituents is 1. The minimum absolute atomic E-state index is 0.0605. The van der Waals surface area contributed by atoms with Gasteiger partial charge in [-0.1, -0.05) is 51.8 Å². The van der Waals surface area contributed by atoms with Crippen molar-refractivity contribution >= 4 is 51.2 Å². The maximum Gasteiger partial charge on any atom is 0.363 e. The molecule has 0 bridgehead atoms. The fraction of sp³-hybridized carbons (Fsp3) is 0.0435. The molecule has 0 atom stereocenters. The molecule has 0 fully saturated rings. The highest BCUT2D eigenvalue weighted by atomic mass is 79.9. The quantitative estimate of drug-likeness (QED) is 0.176. The van der Waals surface area contributed by atoms with Crippen molar-refractivity contribution in [2.24, 2.45) is 4.99 Å². The topological polar surface area (TPSA) is 91.0 Å². The van der Waals surface area contributed by atoms with Crippen LogP contribution in [0, 0.1) is 10.1 Å². The summed E-state index contributed by atoms with van der Waals surface area (Å²) in [5, 5.41) is 11.2. The van der Waals surface area contributed by atoms with Gasteiger partial charge in [0.25, 0.3) is 5.69 Å². The second-order valence-corrected chi connectivity index (χ2v) is 8.07. The Morgan fingerprint density at radius 3 is 2.62 bits per heavy atom. The highest BCUT2D eigenvalue weighted by Gasteiger charge is 2.27. The van der Waals surface area contributed by atoms with Crippen LogP contribution in [0.25, 0.3) is 6.08 Å². The van der Waals surface area contributed by atoms with Crippen molar-refractivity contribution in [2.45, 2.75) is 6.61 Å². The number of carbonyl (C=O) groups excluding carboxylic acids is 1. The monoisotopic (exact) mass is 512 g/mol. The molecule has 3 aromatic rings. The Morgan fingerprint density at radius 2 is 1.91 bits per heavy atom. The highest BCUT2D eigenvalue weighted by molar-refractivity contribution is 9.10. The zero-order valence-electron chi connectivity index (χ0n) is 16.3. The number of rotatable bonds is 6. The van der Waals surface area contributed by atoms with Gasteiger partial charge in [-0.3, -0.25) is 10.1 Å². The van der Waals surface area contributed by atoms with E-state index < -0.39 is 10.9 Å². The van der Waals surface area contributed by atoms with E-state index >= 15 is 0 Å². The molecule has 0 radical (unpaired) electrons. The van der Waals surface area contributed by atoms with E-state index in [4.69, 9.17) is 21.1 Å². The summed E-state index contributed by atoms with van der Waals surface area (Å²) >= 11 is 9.54. The molecule has 9 heteroatoms. The number of hydrogen-bond acceptors (Lipinski definition) is 6. The number of carbonyl (C=O) groups is 1. The Labute approximate surface area is 196 Å². The first-order valence-corrected chi connectivity index (χ1v) is 10.5. The lowest BCUT2D eigenvalue weighted by Crippen LogP contribution is -2.06. The van der Waals surface area contributed by atoms with Crippen LogP contribution in [0.15, 0.2) is 81.9 Å². The lowest BCUT2D eigenvalue weighted by atomic mass is 10.2. The molecule has 0 aromatic heterocycles. The Balaban J connectivity index is 1.50. The molecule has 0 spiro atoms. The summed E-state index contributed by atoms with van der Waals surface area (Å²) in [7, 11) is 0. The first-order chi connectivity index (χ1) is 15.4. The van der Waals surface area contributed by atoms with Crippen LogP contribution in [0.5, 0.6) is 5.75 Å². The smallest absolute Gasteiger partial charge is 0.363 e. The molecule has 0 saturated carbocycles. The van der Waals surface area contributed by atoms with E-state index in [-0.39, 0.29) is 27.9 Å². The molecule has 1 aliphatic rings. The summed E-state index contributed by atoms with van der Waals surface area (Å²) in [6, 6.07) is 18.8. The van der Waals surface area contributed by atoms with Gasteiger partial charge in [0.05, 0.1) is 15.5 Å². The minimum Gasteiger partial charge on any atom is -0.489 e. The van der Waals surface area contributed by atoms with Crippen molar-refractivity contribution in [3.8, 4) is 5.75 Å². The van der Waals surface area contributed by atoms with E-state index in [1.54, 1.807) is 30.3 Å². The molecule has 3 aromatic carbocycles. The summed E-state index contributed by atoms with van der Waals surface area (Å²) in [4.78, 5) is 26.9. The van der Waals surface area contributed by atoms with Crippen LogP contribution >= 0.6 is 27.5 Å². The van der Waals surface area contributed by atoms with Gasteiger partial charge in [-0.05, 0) is 47.5 Å². The van der Waals surface area contributed by atoms with E-state index in [2.05, 4.69) is 20.9 Å². The fourth-order valence-corrected chi connectivity index (χ4v) is 3.57. The zero-order chi connectivity index (χ0) is 22.7. The van der Waals surface area contributed by atoms with Crippen LogP contribution in [0.3, 0.4) is 0 Å². The summed E-state index contributed by atoms with van der Waals surface area (Å²) in [5.74, 6) is -0.0739. The number of hydrogen-bond donors (Lipinski definition) is 0. The highest BCUT2D eigenvalue weighted by Crippen LogP contribution is 2.27. The maximum atomic E-state index is 12.2. The Hall–Kier alpha value is -3.49. The van der Waals surface area contributed by atoms with Crippen LogP contribution in [0.2, 0.25) is 5.02 Å². The van der Waals surface area contributed by atoms with E-state index in [9.17, 15) is 14.9 Å². The summed E-state index contributed by atoms with van der Waals surface area (Å²) < 4.78 is 11.9. The normalized spacial score (nSPS) is 14.2. The lowest BCUT2D eigenvalue weighted by molar-refractivity contribution is -0.384. The van der Waals surface area contributed by atoms with Crippen molar-refractivity contribution in [1.29, 1.82) is 0 Å². The minimum atomic E-state index is -0.669. The average Bonchev–Trinajstić information content (AvgIpc) is 3.13. The number of benzene rings is 3. The fourth-order valence-electron chi connectivity index (χ4n) is 2.93. The van der Waals surface area contributed by atoms with Gasteiger partial charge in [-0.25, -0.2) is 9.79 Å². The van der Waals surface area contributed by atoms with Gasteiger partial charge in [0.2, 0.25) is 5.90 Å². The molecule has 160 valence electrons. The second-order valence-electron chi connectivity index (χ2n) is 6.74. The molecular weight excluding hydrogens is 500 g/mol. The number of esters is 1. The second kappa shape index (κ2) is 9.33. The summed E-state index contributed by atoms with van der Waals surface area (Å²) in [5.41, 5.74) is 1.79. The van der Waals surface area contributed by atoms with Crippen LogP contribution in [0.4, 0.5) is 5.69 Å². The van der Waals surface area contributed by atoms with Crippen LogP contribution < -0.4 is 4.74 Å². The molecule has 0 unspecified atom stereocenters. The van der Waals surface area contributed by atoms with Crippen LogP contribution in [-0.4, -0.2) is 16.8 Å². The Kier molecular flexibility index (Phi) is 6.34. The van der Waals surface area contributed by atoms with E-state index in [0.717, 1.165) is 10.0 Å². The average molecular weight is 514 g/mol. The molecule has 1 aliphatic heterocycles. The summed E-state index contributed by atoms with van der Waals surface area (Å²) in [6.45, 7) is 0.420. The van der Waals surface area contributed by atoms with Crippen LogP contribution in [0.1, 0.15) is 16.7 Å². The van der Waals surface area contributed by atoms with E-state index in [0.29, 0.717) is 17.9 Å². The molecule has 0 aliphatic carbocycles. The first-order valence-electron chi connectivity index (χ1n) is 9.33. The van der Waals surface area contributed by atoms with Crippen molar-refractivity contribution in [3.63, 3.8) is 0 Å².